The Balaban J connectivity index is 1.40. The third-order valence-corrected chi connectivity index (χ3v) is 6.27. The van der Waals surface area contributed by atoms with E-state index in [1.165, 1.54) is 20.2 Å². The number of nitrogens with zero attached hydrogens (tertiary/aromatic N) is 2. The van der Waals surface area contributed by atoms with Gasteiger partial charge in [-0.3, -0.25) is 9.79 Å². The fourth-order valence-corrected chi connectivity index (χ4v) is 4.60. The molecule has 0 spiro atoms. The van der Waals surface area contributed by atoms with Crippen LogP contribution >= 0.6 is 22.7 Å². The van der Waals surface area contributed by atoms with Gasteiger partial charge in [-0.05, 0) is 42.5 Å². The van der Waals surface area contributed by atoms with Crippen LogP contribution < -0.4 is 10.6 Å². The maximum atomic E-state index is 12.4. The largest absolute Gasteiger partial charge is 0.356 e. The molecule has 2 aromatic heterocycles. The third kappa shape index (κ3) is 4.83. The molecule has 0 unspecified atom stereocenters. The Hall–Kier alpha value is -1.86. The molecular formula is C18H24N4OS2. The number of fused-ring (bicyclic) bond motifs is 1. The summed E-state index contributed by atoms with van der Waals surface area (Å²) < 4.78 is 0. The number of aliphatic imine (C=N–C) groups is 1. The SMILES string of the molecule is CN=C(NCCC(=O)N1CCc2sccc2C1)NCc1ccc(C)s1. The Morgan fingerprint density at radius 2 is 2.20 bits per heavy atom. The Kier molecular flexibility index (Phi) is 6.09. The van der Waals surface area contributed by atoms with Gasteiger partial charge in [0.1, 0.15) is 0 Å². The predicted octanol–water partition coefficient (Wildman–Crippen LogP) is 2.76. The van der Waals surface area contributed by atoms with E-state index in [-0.39, 0.29) is 5.91 Å². The molecule has 0 aromatic carbocycles. The van der Waals surface area contributed by atoms with E-state index in [0.717, 1.165) is 32.0 Å². The summed E-state index contributed by atoms with van der Waals surface area (Å²) in [6.07, 6.45) is 1.47. The van der Waals surface area contributed by atoms with Gasteiger partial charge < -0.3 is 15.5 Å². The molecule has 5 nitrogen and oxygen atoms in total. The minimum Gasteiger partial charge on any atom is -0.356 e. The van der Waals surface area contributed by atoms with Crippen LogP contribution in [0.1, 0.15) is 26.6 Å². The summed E-state index contributed by atoms with van der Waals surface area (Å²) in [4.78, 5) is 22.6. The second-order valence-electron chi connectivity index (χ2n) is 6.05. The Morgan fingerprint density at radius 1 is 1.32 bits per heavy atom. The minimum atomic E-state index is 0.202. The van der Waals surface area contributed by atoms with Crippen molar-refractivity contribution in [2.75, 3.05) is 20.1 Å². The van der Waals surface area contributed by atoms with Gasteiger partial charge in [0, 0.05) is 47.7 Å². The molecule has 0 saturated carbocycles. The molecule has 3 rings (SSSR count). The zero-order chi connectivity index (χ0) is 17.6. The average molecular weight is 377 g/mol. The number of rotatable bonds is 5. The van der Waals surface area contributed by atoms with Crippen molar-refractivity contribution in [1.29, 1.82) is 0 Å². The summed E-state index contributed by atoms with van der Waals surface area (Å²) >= 11 is 3.57. The molecule has 1 amide bonds. The molecule has 3 heterocycles. The summed E-state index contributed by atoms with van der Waals surface area (Å²) in [7, 11) is 1.75. The Labute approximate surface area is 156 Å². The predicted molar refractivity (Wildman–Crippen MR) is 105 cm³/mol. The van der Waals surface area contributed by atoms with E-state index in [2.05, 4.69) is 46.1 Å². The first-order valence-electron chi connectivity index (χ1n) is 8.48. The molecule has 134 valence electrons. The van der Waals surface area contributed by atoms with E-state index in [9.17, 15) is 4.79 Å². The van der Waals surface area contributed by atoms with Gasteiger partial charge in [0.05, 0.1) is 6.54 Å². The van der Waals surface area contributed by atoms with Gasteiger partial charge in [-0.25, -0.2) is 0 Å². The fraction of sp³-hybridized carbons (Fsp3) is 0.444. The van der Waals surface area contributed by atoms with Gasteiger partial charge in [-0.1, -0.05) is 0 Å². The van der Waals surface area contributed by atoms with Gasteiger partial charge in [0.2, 0.25) is 5.91 Å². The first-order chi connectivity index (χ1) is 12.2. The summed E-state index contributed by atoms with van der Waals surface area (Å²) in [6, 6.07) is 6.38. The molecule has 0 atom stereocenters. The van der Waals surface area contributed by atoms with Crippen molar-refractivity contribution in [3.05, 3.63) is 43.8 Å². The summed E-state index contributed by atoms with van der Waals surface area (Å²) in [6.45, 7) is 5.03. The van der Waals surface area contributed by atoms with Crippen molar-refractivity contribution in [3.63, 3.8) is 0 Å². The molecule has 0 fully saturated rings. The van der Waals surface area contributed by atoms with Crippen LogP contribution in [0, 0.1) is 6.92 Å². The van der Waals surface area contributed by atoms with Crippen LogP contribution in [0.25, 0.3) is 0 Å². The Bertz CT molecular complexity index is 750. The summed E-state index contributed by atoms with van der Waals surface area (Å²) in [5, 5.41) is 8.63. The second-order valence-corrected chi connectivity index (χ2v) is 8.42. The molecule has 2 N–H and O–H groups in total. The number of carbonyl (C=O) groups excluding carboxylic acids is 1. The fourth-order valence-electron chi connectivity index (χ4n) is 2.88. The highest BCUT2D eigenvalue weighted by Crippen LogP contribution is 2.24. The van der Waals surface area contributed by atoms with Crippen molar-refractivity contribution < 1.29 is 4.79 Å². The number of carbonyl (C=O) groups is 1. The average Bonchev–Trinajstić information content (AvgIpc) is 3.25. The first-order valence-corrected chi connectivity index (χ1v) is 10.2. The van der Waals surface area contributed by atoms with Crippen LogP contribution in [-0.4, -0.2) is 36.9 Å². The molecule has 0 radical (unpaired) electrons. The molecule has 0 saturated heterocycles. The maximum absolute atomic E-state index is 12.4. The first kappa shape index (κ1) is 17.9. The lowest BCUT2D eigenvalue weighted by Crippen LogP contribution is -2.40. The highest BCUT2D eigenvalue weighted by molar-refractivity contribution is 7.11. The van der Waals surface area contributed by atoms with Crippen LogP contribution in [0.3, 0.4) is 0 Å². The zero-order valence-electron chi connectivity index (χ0n) is 14.7. The second kappa shape index (κ2) is 8.49. The van der Waals surface area contributed by atoms with Crippen molar-refractivity contribution >= 4 is 34.5 Å². The number of aryl methyl sites for hydroxylation is 1. The normalized spacial score (nSPS) is 14.3. The van der Waals surface area contributed by atoms with Crippen molar-refractivity contribution in [3.8, 4) is 0 Å². The monoisotopic (exact) mass is 376 g/mol. The van der Waals surface area contributed by atoms with Gasteiger partial charge in [0.25, 0.3) is 0 Å². The lowest BCUT2D eigenvalue weighted by atomic mass is 10.1. The minimum absolute atomic E-state index is 0.202. The molecule has 25 heavy (non-hydrogen) atoms. The van der Waals surface area contributed by atoms with E-state index in [0.29, 0.717) is 13.0 Å². The van der Waals surface area contributed by atoms with Gasteiger partial charge in [0.15, 0.2) is 5.96 Å². The van der Waals surface area contributed by atoms with Crippen LogP contribution in [-0.2, 0) is 24.3 Å². The van der Waals surface area contributed by atoms with Crippen LogP contribution in [0.2, 0.25) is 0 Å². The van der Waals surface area contributed by atoms with E-state index in [1.54, 1.807) is 29.7 Å². The van der Waals surface area contributed by atoms with Crippen LogP contribution in [0.5, 0.6) is 0 Å². The van der Waals surface area contributed by atoms with Gasteiger partial charge >= 0.3 is 0 Å². The van der Waals surface area contributed by atoms with E-state index in [1.807, 2.05) is 4.90 Å². The third-order valence-electron chi connectivity index (χ3n) is 4.24. The number of guanidine groups is 1. The molecule has 2 aromatic rings. The quantitative estimate of drug-likeness (QED) is 0.623. The van der Waals surface area contributed by atoms with Crippen molar-refractivity contribution in [2.45, 2.75) is 32.9 Å². The number of hydrogen-bond donors (Lipinski definition) is 2. The summed E-state index contributed by atoms with van der Waals surface area (Å²) in [5.74, 6) is 0.936. The zero-order valence-corrected chi connectivity index (χ0v) is 16.3. The van der Waals surface area contributed by atoms with E-state index in [4.69, 9.17) is 0 Å². The molecule has 7 heteroatoms. The topological polar surface area (TPSA) is 56.7 Å². The Morgan fingerprint density at radius 3 is 2.96 bits per heavy atom. The molecular weight excluding hydrogens is 352 g/mol. The lowest BCUT2D eigenvalue weighted by molar-refractivity contribution is -0.131. The van der Waals surface area contributed by atoms with Gasteiger partial charge in [-0.15, -0.1) is 22.7 Å². The van der Waals surface area contributed by atoms with Crippen molar-refractivity contribution in [1.82, 2.24) is 15.5 Å². The maximum Gasteiger partial charge on any atom is 0.224 e. The number of thiophene rings is 2. The summed E-state index contributed by atoms with van der Waals surface area (Å²) in [5.41, 5.74) is 1.31. The molecule has 1 aliphatic heterocycles. The molecule has 1 aliphatic rings. The smallest absolute Gasteiger partial charge is 0.224 e. The van der Waals surface area contributed by atoms with Crippen LogP contribution in [0.15, 0.2) is 28.6 Å². The number of nitrogens with one attached hydrogen (secondary N) is 2. The number of hydrogen-bond acceptors (Lipinski definition) is 4. The highest BCUT2D eigenvalue weighted by atomic mass is 32.1. The van der Waals surface area contributed by atoms with Gasteiger partial charge in [-0.2, -0.15) is 0 Å². The molecule has 0 bridgehead atoms. The highest BCUT2D eigenvalue weighted by Gasteiger charge is 2.20. The lowest BCUT2D eigenvalue weighted by Gasteiger charge is -2.27. The molecule has 0 aliphatic carbocycles. The van der Waals surface area contributed by atoms with E-state index >= 15 is 0 Å². The van der Waals surface area contributed by atoms with Crippen molar-refractivity contribution in [2.24, 2.45) is 4.99 Å². The number of amides is 1. The standard InChI is InChI=1S/C18H24N4OS2/c1-13-3-4-15(25-13)11-21-18(19-2)20-8-5-17(23)22-9-6-16-14(12-22)7-10-24-16/h3-4,7,10H,5-6,8-9,11-12H2,1-2H3,(H2,19,20,21). The van der Waals surface area contributed by atoms with E-state index < -0.39 is 0 Å². The van der Waals surface area contributed by atoms with Crippen LogP contribution in [0.4, 0.5) is 0 Å².